The van der Waals surface area contributed by atoms with Gasteiger partial charge in [-0.25, -0.2) is 9.48 Å². The summed E-state index contributed by atoms with van der Waals surface area (Å²) >= 11 is 0. The number of aromatic nitrogens is 3. The molecule has 1 aromatic heterocycles. The van der Waals surface area contributed by atoms with E-state index in [1.165, 1.54) is 10.9 Å². The Morgan fingerprint density at radius 1 is 0.898 bits per heavy atom. The van der Waals surface area contributed by atoms with E-state index in [9.17, 15) is 33.6 Å². The van der Waals surface area contributed by atoms with Crippen molar-refractivity contribution in [2.45, 2.75) is 111 Å². The van der Waals surface area contributed by atoms with Crippen LogP contribution < -0.4 is 27.0 Å². The second-order valence-electron chi connectivity index (χ2n) is 14.2. The Morgan fingerprint density at radius 3 is 2.22 bits per heavy atom. The van der Waals surface area contributed by atoms with Gasteiger partial charge in [-0.15, -0.1) is 5.10 Å². The van der Waals surface area contributed by atoms with Crippen LogP contribution in [0.4, 0.5) is 10.5 Å². The minimum atomic E-state index is -1.29. The molecule has 1 aromatic carbocycles. The van der Waals surface area contributed by atoms with E-state index in [2.05, 4.69) is 43.4 Å². The van der Waals surface area contributed by atoms with Gasteiger partial charge in [0, 0.05) is 37.4 Å². The summed E-state index contributed by atoms with van der Waals surface area (Å²) in [6.07, 6.45) is 5.01. The number of anilines is 1. The normalized spacial score (nSPS) is 14.3. The predicted molar refractivity (Wildman–Crippen MR) is 213 cm³/mol. The zero-order valence-electron chi connectivity index (χ0n) is 34.3. The molecule has 19 heteroatoms. The Kier molecular flexibility index (Phi) is 19.2. The number of amides is 7. The summed E-state index contributed by atoms with van der Waals surface area (Å²) in [4.78, 5) is 89.3. The molecule has 0 bridgehead atoms. The van der Waals surface area contributed by atoms with Crippen LogP contribution in [0.1, 0.15) is 84.5 Å². The molecule has 7 amide bonds. The lowest BCUT2D eigenvalue weighted by molar-refractivity contribution is -0.144. The van der Waals surface area contributed by atoms with Gasteiger partial charge >= 0.3 is 12.0 Å². The van der Waals surface area contributed by atoms with Gasteiger partial charge in [0.2, 0.25) is 11.8 Å². The van der Waals surface area contributed by atoms with Gasteiger partial charge in [-0.3, -0.25) is 33.7 Å². The van der Waals surface area contributed by atoms with Crippen molar-refractivity contribution in [1.29, 1.82) is 0 Å². The molecule has 59 heavy (non-hydrogen) atoms. The molecule has 2 aromatic rings. The van der Waals surface area contributed by atoms with Crippen LogP contribution in [-0.4, -0.2) is 105 Å². The number of hydrogen-bond donors (Lipinski definition) is 5. The van der Waals surface area contributed by atoms with Gasteiger partial charge in [-0.2, -0.15) is 0 Å². The number of nitrogens with zero attached hydrogens (tertiary/aromatic N) is 4. The van der Waals surface area contributed by atoms with Crippen molar-refractivity contribution >= 4 is 47.2 Å². The first kappa shape index (κ1) is 47.2. The monoisotopic (exact) mass is 821 g/mol. The topological polar surface area (TPSA) is 255 Å². The number of ether oxygens (including phenoxy) is 3. The second-order valence-corrected chi connectivity index (χ2v) is 14.2. The Balaban J connectivity index is 1.72. The molecule has 0 saturated carbocycles. The van der Waals surface area contributed by atoms with Crippen LogP contribution in [0.25, 0.3) is 0 Å². The van der Waals surface area contributed by atoms with Crippen molar-refractivity contribution in [2.75, 3.05) is 25.1 Å². The molecule has 0 fully saturated rings. The van der Waals surface area contributed by atoms with Gasteiger partial charge in [0.1, 0.15) is 30.4 Å². The number of nitrogens with one attached hydrogen (secondary N) is 4. The maximum Gasteiger partial charge on any atom is 0.312 e. The summed E-state index contributed by atoms with van der Waals surface area (Å²) in [5, 5.41) is 18.6. The summed E-state index contributed by atoms with van der Waals surface area (Å²) in [7, 11) is 0. The van der Waals surface area contributed by atoms with E-state index < -0.39 is 59.6 Å². The molecule has 1 aliphatic rings. The van der Waals surface area contributed by atoms with Crippen LogP contribution in [0.2, 0.25) is 0 Å². The molecule has 2 heterocycles. The number of esters is 1. The third-order valence-corrected chi connectivity index (χ3v) is 8.71. The Bertz CT molecular complexity index is 1850. The molecule has 3 rings (SSSR count). The number of carbonyl (C=O) groups is 7. The molecule has 0 saturated heterocycles. The summed E-state index contributed by atoms with van der Waals surface area (Å²) in [6, 6.07) is 2.28. The molecule has 6 N–H and O–H groups in total. The summed E-state index contributed by atoms with van der Waals surface area (Å²) in [6.45, 7) is 12.3. The first-order valence-corrected chi connectivity index (χ1v) is 19.5. The summed E-state index contributed by atoms with van der Waals surface area (Å²) in [5.74, 6) is 0.730. The van der Waals surface area contributed by atoms with Crippen LogP contribution >= 0.6 is 0 Å². The highest BCUT2D eigenvalue weighted by atomic mass is 16.5. The van der Waals surface area contributed by atoms with E-state index in [-0.39, 0.29) is 56.3 Å². The fraction of sp³-hybridized carbons (Fsp3) is 0.525. The van der Waals surface area contributed by atoms with E-state index >= 15 is 0 Å². The van der Waals surface area contributed by atoms with Gasteiger partial charge < -0.3 is 41.2 Å². The number of imide groups is 1. The number of urea groups is 1. The molecular weight excluding hydrogens is 766 g/mol. The molecule has 320 valence electrons. The van der Waals surface area contributed by atoms with Gasteiger partial charge in [0.25, 0.3) is 17.7 Å². The summed E-state index contributed by atoms with van der Waals surface area (Å²) < 4.78 is 18.0. The van der Waals surface area contributed by atoms with E-state index in [1.54, 1.807) is 45.0 Å². The van der Waals surface area contributed by atoms with E-state index in [4.69, 9.17) is 19.9 Å². The van der Waals surface area contributed by atoms with Crippen molar-refractivity contribution < 1.29 is 47.8 Å². The zero-order chi connectivity index (χ0) is 43.5. The first-order valence-electron chi connectivity index (χ1n) is 19.5. The lowest BCUT2D eigenvalue weighted by Crippen LogP contribution is -2.54. The molecule has 0 radical (unpaired) electrons. The fourth-order valence-electron chi connectivity index (χ4n) is 5.46. The van der Waals surface area contributed by atoms with E-state index in [1.807, 2.05) is 20.8 Å². The van der Waals surface area contributed by atoms with Crippen LogP contribution in [0.5, 0.6) is 0 Å². The number of benzene rings is 1. The standard InChI is InChI=1S/C40H55N9O10/c1-7-36(53)59-24-28-10-12-29(13-11-28)43-38(54)30(9-8-19-42-40(41)56)44-39(55)37(25(2)3)45-33(50)15-14-32(49-34(51)16-17-35(49)52)31-23-48(47-46-31)20-22-58-27(6)18-21-57-26(4)5/h10-13,16-17,23,25-27,30,32,37H,7-9,18-22,24H2,1-6H3,(H,43,54)(H,44,55)(H,45,50)(H3,41,42,56)/t27?,30-,32+,37-/m0/s1. The lowest BCUT2D eigenvalue weighted by Gasteiger charge is -2.25. The number of nitrogens with two attached hydrogens (primary N) is 1. The van der Waals surface area contributed by atoms with Gasteiger partial charge in [0.15, 0.2) is 0 Å². The zero-order valence-corrected chi connectivity index (χ0v) is 34.3. The first-order chi connectivity index (χ1) is 28.1. The molecule has 0 spiro atoms. The summed E-state index contributed by atoms with van der Waals surface area (Å²) in [5.41, 5.74) is 6.40. The quantitative estimate of drug-likeness (QED) is 0.0464. The molecule has 1 unspecified atom stereocenters. The van der Waals surface area contributed by atoms with Gasteiger partial charge in [-0.1, -0.05) is 44.0 Å². The smallest absolute Gasteiger partial charge is 0.312 e. The predicted octanol–water partition coefficient (Wildman–Crippen LogP) is 1.63. The number of carbonyl (C=O) groups excluding carboxylic acids is 7. The van der Waals surface area contributed by atoms with Crippen molar-refractivity contribution in [3.05, 3.63) is 53.9 Å². The third kappa shape index (κ3) is 16.3. The Hall–Kier alpha value is -6.13. The maximum absolute atomic E-state index is 13.7. The van der Waals surface area contributed by atoms with Crippen molar-refractivity contribution in [1.82, 2.24) is 35.8 Å². The van der Waals surface area contributed by atoms with Crippen molar-refractivity contribution in [3.8, 4) is 11.8 Å². The minimum Gasteiger partial charge on any atom is -0.461 e. The van der Waals surface area contributed by atoms with Gasteiger partial charge in [0.05, 0.1) is 31.6 Å². The number of primary amides is 1. The molecule has 4 atom stereocenters. The average Bonchev–Trinajstić information content (AvgIpc) is 3.79. The second kappa shape index (κ2) is 23.9. The maximum atomic E-state index is 13.7. The largest absolute Gasteiger partial charge is 0.461 e. The van der Waals surface area contributed by atoms with E-state index in [0.29, 0.717) is 37.4 Å². The lowest BCUT2D eigenvalue weighted by atomic mass is 10.0. The average molecular weight is 822 g/mol. The molecular formula is C40H55N9O10. The van der Waals surface area contributed by atoms with E-state index in [0.717, 1.165) is 17.1 Å². The highest BCUT2D eigenvalue weighted by molar-refractivity contribution is 6.13. The highest BCUT2D eigenvalue weighted by Gasteiger charge is 2.34. The van der Waals surface area contributed by atoms with Crippen molar-refractivity contribution in [3.63, 3.8) is 0 Å². The Morgan fingerprint density at radius 2 is 1.59 bits per heavy atom. The number of hydrogen-bond acceptors (Lipinski definition) is 12. The molecule has 0 aliphatic carbocycles. The molecule has 19 nitrogen and oxygen atoms in total. The highest BCUT2D eigenvalue weighted by Crippen LogP contribution is 2.22. The third-order valence-electron chi connectivity index (χ3n) is 8.71. The van der Waals surface area contributed by atoms with Crippen LogP contribution in [-0.2, 0) is 56.1 Å². The number of rotatable bonds is 23. The van der Waals surface area contributed by atoms with Crippen LogP contribution in [0.15, 0.2) is 42.6 Å². The minimum absolute atomic E-state index is 0.0678. The molecule has 1 aliphatic heterocycles. The SMILES string of the molecule is CCC(=O)OCc1ccc(NC(=O)[C@H](CCCNC(N)=O)NC(=O)[C@@H](NC(=O)C#C[C@H](c2cn(CCOC(C)CCOC(C)C)nn2)N2C(=O)C=CC2=O)C(C)C)cc1. The van der Waals surface area contributed by atoms with Crippen LogP contribution in [0, 0.1) is 17.8 Å². The van der Waals surface area contributed by atoms with Gasteiger partial charge in [-0.05, 0) is 69.6 Å². The fourth-order valence-corrected chi connectivity index (χ4v) is 5.46. The Labute approximate surface area is 343 Å². The van der Waals surface area contributed by atoms with Crippen molar-refractivity contribution in [2.24, 2.45) is 11.7 Å². The van der Waals surface area contributed by atoms with Crippen LogP contribution in [0.3, 0.4) is 0 Å².